The van der Waals surface area contributed by atoms with Gasteiger partial charge in [0.1, 0.15) is 0 Å². The van der Waals surface area contributed by atoms with Crippen molar-refractivity contribution in [3.63, 3.8) is 0 Å². The number of benzene rings is 5. The zero-order valence-corrected chi connectivity index (χ0v) is 21.5. The molecule has 0 N–H and O–H groups in total. The molecule has 3 heteroatoms. The van der Waals surface area contributed by atoms with E-state index in [1.165, 1.54) is 42.4 Å². The molecule has 0 aliphatic heterocycles. The molecule has 0 unspecified atom stereocenters. The maximum absolute atomic E-state index is 5.19. The summed E-state index contributed by atoms with van der Waals surface area (Å²) in [7, 11) is 0. The molecule has 7 rings (SSSR count). The molecule has 0 aliphatic carbocycles. The van der Waals surface area contributed by atoms with Gasteiger partial charge in [-0.3, -0.25) is 4.98 Å². The lowest BCUT2D eigenvalue weighted by atomic mass is 9.98. The molecular weight excluding hydrogens is 468 g/mol. The van der Waals surface area contributed by atoms with Crippen LogP contribution in [0.15, 0.2) is 103 Å². The summed E-state index contributed by atoms with van der Waals surface area (Å²) in [5.74, 6) is 0. The summed E-state index contributed by atoms with van der Waals surface area (Å²) in [5, 5.41) is 6.01. The number of nitrogens with zero attached hydrogens (tertiary/aromatic N) is 2. The fraction of sp³-hybridized carbons (Fsp3) is 0.0588. The molecule has 176 valence electrons. The molecule has 37 heavy (non-hydrogen) atoms. The van der Waals surface area contributed by atoms with E-state index in [1.54, 1.807) is 0 Å². The van der Waals surface area contributed by atoms with Gasteiger partial charge in [0, 0.05) is 31.3 Å². The Balaban J connectivity index is 1.43. The zero-order chi connectivity index (χ0) is 24.9. The predicted molar refractivity (Wildman–Crippen MR) is 160 cm³/mol. The molecule has 2 heterocycles. The Kier molecular flexibility index (Phi) is 5.12. The summed E-state index contributed by atoms with van der Waals surface area (Å²) in [6.07, 6.45) is 6.25. The third-order valence-corrected chi connectivity index (χ3v) is 8.34. The predicted octanol–water partition coefficient (Wildman–Crippen LogP) is 9.83. The van der Waals surface area contributed by atoms with Gasteiger partial charge in [0.2, 0.25) is 0 Å². The Morgan fingerprint density at radius 2 is 1.32 bits per heavy atom. The van der Waals surface area contributed by atoms with Gasteiger partial charge >= 0.3 is 0 Å². The normalized spacial score (nSPS) is 11.9. The molecule has 5 aromatic carbocycles. The van der Waals surface area contributed by atoms with Crippen LogP contribution < -0.4 is 0 Å². The highest BCUT2D eigenvalue weighted by Crippen LogP contribution is 2.40. The summed E-state index contributed by atoms with van der Waals surface area (Å²) in [6, 6.07) is 32.3. The smallest absolute Gasteiger partial charge is 0.0979 e. The Hall–Kier alpha value is -4.34. The van der Waals surface area contributed by atoms with Crippen LogP contribution in [0.2, 0.25) is 0 Å². The Morgan fingerprint density at radius 3 is 2.08 bits per heavy atom. The molecule has 0 aliphatic rings. The monoisotopic (exact) mass is 492 g/mol. The second-order valence-corrected chi connectivity index (χ2v) is 10.6. The van der Waals surface area contributed by atoms with Crippen LogP contribution in [0.1, 0.15) is 17.4 Å². The van der Waals surface area contributed by atoms with Gasteiger partial charge < -0.3 is 0 Å². The lowest BCUT2D eigenvalue weighted by Crippen LogP contribution is -1.92. The van der Waals surface area contributed by atoms with Crippen molar-refractivity contribution in [2.75, 3.05) is 0 Å². The topological polar surface area (TPSA) is 25.8 Å². The van der Waals surface area contributed by atoms with E-state index >= 15 is 0 Å². The van der Waals surface area contributed by atoms with Crippen molar-refractivity contribution in [3.8, 4) is 22.4 Å². The number of allylic oxidation sites excluding steroid dienone is 1. The van der Waals surface area contributed by atoms with Gasteiger partial charge in [0.15, 0.2) is 0 Å². The summed E-state index contributed by atoms with van der Waals surface area (Å²) < 4.78 is 1.33. The first-order valence-electron chi connectivity index (χ1n) is 12.5. The van der Waals surface area contributed by atoms with E-state index in [0.29, 0.717) is 0 Å². The van der Waals surface area contributed by atoms with E-state index in [0.717, 1.165) is 33.1 Å². The molecule has 7 aromatic rings. The molecule has 0 spiro atoms. The standard InChI is InChI=1S/C34H24N2S/c1-3-10-24-21(2)37-34-25(17-9-18-30(24)34)22-11-8-12-23(19-22)31-20-35-32-28-15-6-4-13-26(28)27-14-5-7-16-29(27)33(32)36-31/h3-20H,1-2H3. The number of hydrogen-bond acceptors (Lipinski definition) is 3. The quantitative estimate of drug-likeness (QED) is 0.229. The number of hydrogen-bond donors (Lipinski definition) is 0. The summed E-state index contributed by atoms with van der Waals surface area (Å²) in [5.41, 5.74) is 7.63. The SMILES string of the molecule is CC=Cc1c(C)sc2c(-c3cccc(-c4cnc5c6ccccc6c6ccccc6c5n4)c3)cccc12. The van der Waals surface area contributed by atoms with E-state index in [-0.39, 0.29) is 0 Å². The van der Waals surface area contributed by atoms with Crippen LogP contribution in [0.4, 0.5) is 0 Å². The second-order valence-electron chi connectivity index (χ2n) is 9.38. The minimum Gasteiger partial charge on any atom is -0.252 e. The fourth-order valence-corrected chi connectivity index (χ4v) is 6.64. The lowest BCUT2D eigenvalue weighted by Gasteiger charge is -2.11. The maximum atomic E-state index is 5.19. The molecule has 0 saturated carbocycles. The van der Waals surface area contributed by atoms with Gasteiger partial charge in [0.25, 0.3) is 0 Å². The maximum Gasteiger partial charge on any atom is 0.0979 e. The first-order valence-corrected chi connectivity index (χ1v) is 13.4. The minimum atomic E-state index is 0.888. The molecular formula is C34H24N2S. The molecule has 0 atom stereocenters. The van der Waals surface area contributed by atoms with Crippen LogP contribution in [-0.4, -0.2) is 9.97 Å². The van der Waals surface area contributed by atoms with Crippen LogP contribution >= 0.6 is 11.3 Å². The van der Waals surface area contributed by atoms with Crippen LogP contribution in [0, 0.1) is 6.92 Å². The van der Waals surface area contributed by atoms with E-state index in [2.05, 4.69) is 117 Å². The minimum absolute atomic E-state index is 0.888. The van der Waals surface area contributed by atoms with Crippen LogP contribution in [-0.2, 0) is 0 Å². The molecule has 0 saturated heterocycles. The van der Waals surface area contributed by atoms with Crippen molar-refractivity contribution in [1.82, 2.24) is 9.97 Å². The van der Waals surface area contributed by atoms with Gasteiger partial charge in [-0.1, -0.05) is 97.1 Å². The summed E-state index contributed by atoms with van der Waals surface area (Å²) >= 11 is 1.87. The van der Waals surface area contributed by atoms with Crippen molar-refractivity contribution in [1.29, 1.82) is 0 Å². The van der Waals surface area contributed by atoms with E-state index in [4.69, 9.17) is 9.97 Å². The number of aryl methyl sites for hydroxylation is 1. The Morgan fingerprint density at radius 1 is 0.676 bits per heavy atom. The highest BCUT2D eigenvalue weighted by atomic mass is 32.1. The van der Waals surface area contributed by atoms with Gasteiger partial charge in [-0.15, -0.1) is 11.3 Å². The molecule has 0 bridgehead atoms. The molecule has 0 radical (unpaired) electrons. The molecule has 2 nitrogen and oxygen atoms in total. The second kappa shape index (κ2) is 8.65. The third kappa shape index (κ3) is 3.46. The Bertz CT molecular complexity index is 1980. The van der Waals surface area contributed by atoms with Gasteiger partial charge in [-0.2, -0.15) is 0 Å². The number of rotatable bonds is 3. The van der Waals surface area contributed by atoms with E-state index in [9.17, 15) is 0 Å². The summed E-state index contributed by atoms with van der Waals surface area (Å²) in [6.45, 7) is 4.28. The zero-order valence-electron chi connectivity index (χ0n) is 20.7. The van der Waals surface area contributed by atoms with E-state index < -0.39 is 0 Å². The van der Waals surface area contributed by atoms with E-state index in [1.807, 2.05) is 17.5 Å². The van der Waals surface area contributed by atoms with Crippen LogP contribution in [0.25, 0.3) is 71.1 Å². The first-order chi connectivity index (χ1) is 18.2. The van der Waals surface area contributed by atoms with Gasteiger partial charge in [-0.25, -0.2) is 4.98 Å². The number of thiophene rings is 1. The van der Waals surface area contributed by atoms with Gasteiger partial charge in [0.05, 0.1) is 22.9 Å². The average Bonchev–Trinajstić information content (AvgIpc) is 3.28. The Labute approximate surface area is 219 Å². The highest BCUT2D eigenvalue weighted by Gasteiger charge is 2.14. The highest BCUT2D eigenvalue weighted by molar-refractivity contribution is 7.20. The third-order valence-electron chi connectivity index (χ3n) is 7.17. The van der Waals surface area contributed by atoms with Crippen LogP contribution in [0.5, 0.6) is 0 Å². The van der Waals surface area contributed by atoms with Gasteiger partial charge in [-0.05, 0) is 47.4 Å². The van der Waals surface area contributed by atoms with Crippen molar-refractivity contribution < 1.29 is 0 Å². The molecule has 0 fully saturated rings. The molecule has 2 aromatic heterocycles. The van der Waals surface area contributed by atoms with Crippen LogP contribution in [0.3, 0.4) is 0 Å². The summed E-state index contributed by atoms with van der Waals surface area (Å²) in [4.78, 5) is 11.5. The average molecular weight is 493 g/mol. The lowest BCUT2D eigenvalue weighted by molar-refractivity contribution is 1.31. The van der Waals surface area contributed by atoms with Crippen molar-refractivity contribution in [2.24, 2.45) is 0 Å². The first kappa shape index (κ1) is 21.9. The number of aromatic nitrogens is 2. The van der Waals surface area contributed by atoms with Crippen molar-refractivity contribution in [2.45, 2.75) is 13.8 Å². The largest absolute Gasteiger partial charge is 0.252 e. The fourth-order valence-electron chi connectivity index (χ4n) is 5.47. The van der Waals surface area contributed by atoms with Crippen molar-refractivity contribution >= 4 is 60.1 Å². The van der Waals surface area contributed by atoms with Crippen molar-refractivity contribution in [3.05, 3.63) is 114 Å². The number of fused-ring (bicyclic) bond motifs is 7. The molecule has 0 amide bonds.